The second kappa shape index (κ2) is 5.72. The summed E-state index contributed by atoms with van der Waals surface area (Å²) in [5, 5.41) is 0. The zero-order valence-electron chi connectivity index (χ0n) is 12.3. The highest BCUT2D eigenvalue weighted by Crippen LogP contribution is 2.35. The maximum absolute atomic E-state index is 13.8. The lowest BCUT2D eigenvalue weighted by molar-refractivity contribution is 0.0175. The van der Waals surface area contributed by atoms with Gasteiger partial charge in [-0.25, -0.2) is 8.78 Å². The summed E-state index contributed by atoms with van der Waals surface area (Å²) in [7, 11) is 0. The van der Waals surface area contributed by atoms with Crippen molar-refractivity contribution in [2.45, 2.75) is 12.8 Å². The topological polar surface area (TPSA) is 0 Å². The first kappa shape index (κ1) is 14.5. The van der Waals surface area contributed by atoms with Gasteiger partial charge in [-0.1, -0.05) is 60.7 Å². The fraction of sp³-hybridized carbons (Fsp3) is 0.100. The van der Waals surface area contributed by atoms with Crippen LogP contribution in [0.15, 0.2) is 78.9 Å². The Kier molecular flexibility index (Phi) is 3.76. The molecule has 0 fully saturated rings. The molecule has 0 bridgehead atoms. The van der Waals surface area contributed by atoms with E-state index in [1.165, 1.54) is 0 Å². The molecule has 0 saturated carbocycles. The minimum atomic E-state index is -2.87. The van der Waals surface area contributed by atoms with Crippen LogP contribution in [-0.2, 0) is 5.92 Å². The molecule has 0 N–H and O–H groups in total. The molecule has 22 heavy (non-hydrogen) atoms. The summed E-state index contributed by atoms with van der Waals surface area (Å²) in [5.41, 5.74) is 3.52. The number of hydrogen-bond acceptors (Lipinski definition) is 0. The molecule has 0 aromatic heterocycles. The van der Waals surface area contributed by atoms with E-state index in [0.29, 0.717) is 0 Å². The van der Waals surface area contributed by atoms with Crippen LogP contribution in [0.4, 0.5) is 8.78 Å². The van der Waals surface area contributed by atoms with Gasteiger partial charge in [0.05, 0.1) is 0 Å². The smallest absolute Gasteiger partial charge is 0.202 e. The molecule has 0 heterocycles. The highest BCUT2D eigenvalue weighted by Gasteiger charge is 2.25. The van der Waals surface area contributed by atoms with E-state index in [2.05, 4.69) is 0 Å². The molecule has 0 amide bonds. The predicted octanol–water partition coefficient (Wildman–Crippen LogP) is 6.13. The molecule has 0 unspecified atom stereocenters. The quantitative estimate of drug-likeness (QED) is 0.545. The zero-order valence-corrected chi connectivity index (χ0v) is 12.3. The SMILES string of the molecule is CC(F)(F)c1cc(-c2ccccc2)cc(-c2ccccc2)c1. The van der Waals surface area contributed by atoms with Crippen LogP contribution in [0.3, 0.4) is 0 Å². The molecule has 0 atom stereocenters. The lowest BCUT2D eigenvalue weighted by Crippen LogP contribution is -2.07. The van der Waals surface area contributed by atoms with Gasteiger partial charge in [0.15, 0.2) is 0 Å². The Hall–Kier alpha value is -2.48. The van der Waals surface area contributed by atoms with Crippen molar-refractivity contribution in [1.29, 1.82) is 0 Å². The summed E-state index contributed by atoms with van der Waals surface area (Å²) in [6, 6.07) is 24.3. The lowest BCUT2D eigenvalue weighted by atomic mass is 9.94. The molecule has 0 aliphatic rings. The van der Waals surface area contributed by atoms with Crippen LogP contribution in [0.1, 0.15) is 12.5 Å². The van der Waals surface area contributed by atoms with Gasteiger partial charge in [-0.05, 0) is 40.5 Å². The molecule has 110 valence electrons. The Morgan fingerprint density at radius 1 is 0.591 bits per heavy atom. The highest BCUT2D eigenvalue weighted by molar-refractivity contribution is 5.74. The van der Waals surface area contributed by atoms with Crippen molar-refractivity contribution in [3.05, 3.63) is 84.4 Å². The van der Waals surface area contributed by atoms with Crippen molar-refractivity contribution >= 4 is 0 Å². The highest BCUT2D eigenvalue weighted by atomic mass is 19.3. The van der Waals surface area contributed by atoms with Gasteiger partial charge >= 0.3 is 0 Å². The molecular formula is C20H16F2. The standard InChI is InChI=1S/C20H16F2/c1-20(21,22)19-13-17(15-8-4-2-5-9-15)12-18(14-19)16-10-6-3-7-11-16/h2-14H,1H3. The van der Waals surface area contributed by atoms with Crippen LogP contribution in [0, 0.1) is 0 Å². The monoisotopic (exact) mass is 294 g/mol. The normalized spacial score (nSPS) is 11.4. The molecule has 3 aromatic carbocycles. The first-order valence-corrected chi connectivity index (χ1v) is 7.18. The van der Waals surface area contributed by atoms with E-state index in [-0.39, 0.29) is 5.56 Å². The zero-order chi connectivity index (χ0) is 15.6. The molecule has 0 spiro atoms. The summed E-state index contributed by atoms with van der Waals surface area (Å²) in [6.07, 6.45) is 0. The van der Waals surface area contributed by atoms with Crippen molar-refractivity contribution in [2.75, 3.05) is 0 Å². The summed E-state index contributed by atoms with van der Waals surface area (Å²) in [5.74, 6) is -2.87. The average Bonchev–Trinajstić information content (AvgIpc) is 2.55. The number of rotatable bonds is 3. The van der Waals surface area contributed by atoms with Crippen molar-refractivity contribution in [3.8, 4) is 22.3 Å². The van der Waals surface area contributed by atoms with E-state index in [1.54, 1.807) is 12.1 Å². The van der Waals surface area contributed by atoms with E-state index >= 15 is 0 Å². The van der Waals surface area contributed by atoms with Gasteiger partial charge < -0.3 is 0 Å². The third kappa shape index (κ3) is 3.06. The van der Waals surface area contributed by atoms with Gasteiger partial charge in [0.25, 0.3) is 5.92 Å². The van der Waals surface area contributed by atoms with Crippen molar-refractivity contribution in [1.82, 2.24) is 0 Å². The Morgan fingerprint density at radius 2 is 1.00 bits per heavy atom. The van der Waals surface area contributed by atoms with E-state index in [1.807, 2.05) is 66.7 Å². The summed E-state index contributed by atoms with van der Waals surface area (Å²) in [4.78, 5) is 0. The van der Waals surface area contributed by atoms with Crippen LogP contribution >= 0.6 is 0 Å². The molecule has 3 aromatic rings. The first-order chi connectivity index (χ1) is 10.5. The summed E-state index contributed by atoms with van der Waals surface area (Å²) in [6.45, 7) is 0.936. The maximum atomic E-state index is 13.8. The van der Waals surface area contributed by atoms with Crippen LogP contribution in [0.25, 0.3) is 22.3 Å². The van der Waals surface area contributed by atoms with E-state index in [4.69, 9.17) is 0 Å². The molecule has 2 heteroatoms. The van der Waals surface area contributed by atoms with Crippen LogP contribution in [0.5, 0.6) is 0 Å². The van der Waals surface area contributed by atoms with Gasteiger partial charge in [-0.15, -0.1) is 0 Å². The number of hydrogen-bond donors (Lipinski definition) is 0. The van der Waals surface area contributed by atoms with E-state index < -0.39 is 5.92 Å². The van der Waals surface area contributed by atoms with Gasteiger partial charge in [0.2, 0.25) is 0 Å². The maximum Gasteiger partial charge on any atom is 0.270 e. The van der Waals surface area contributed by atoms with Crippen LogP contribution in [0.2, 0.25) is 0 Å². The minimum absolute atomic E-state index is 0.0349. The second-order valence-corrected chi connectivity index (χ2v) is 5.42. The van der Waals surface area contributed by atoms with Gasteiger partial charge in [-0.2, -0.15) is 0 Å². The molecule has 0 aliphatic heterocycles. The predicted molar refractivity (Wildman–Crippen MR) is 86.9 cm³/mol. The Labute approximate surface area is 129 Å². The molecule has 0 aliphatic carbocycles. The largest absolute Gasteiger partial charge is 0.270 e. The number of alkyl halides is 2. The third-order valence-corrected chi connectivity index (χ3v) is 3.65. The third-order valence-electron chi connectivity index (χ3n) is 3.65. The van der Waals surface area contributed by atoms with Crippen LogP contribution in [-0.4, -0.2) is 0 Å². The van der Waals surface area contributed by atoms with Crippen molar-refractivity contribution in [3.63, 3.8) is 0 Å². The Balaban J connectivity index is 2.19. The summed E-state index contributed by atoms with van der Waals surface area (Å²) >= 11 is 0. The number of benzene rings is 3. The fourth-order valence-corrected chi connectivity index (χ4v) is 2.48. The van der Waals surface area contributed by atoms with Crippen LogP contribution < -0.4 is 0 Å². The molecule has 0 nitrogen and oxygen atoms in total. The lowest BCUT2D eigenvalue weighted by Gasteiger charge is -2.15. The first-order valence-electron chi connectivity index (χ1n) is 7.18. The van der Waals surface area contributed by atoms with Gasteiger partial charge in [0.1, 0.15) is 0 Å². The molecule has 0 radical (unpaired) electrons. The molecular weight excluding hydrogens is 278 g/mol. The number of halogens is 2. The second-order valence-electron chi connectivity index (χ2n) is 5.42. The van der Waals surface area contributed by atoms with E-state index in [0.717, 1.165) is 29.2 Å². The van der Waals surface area contributed by atoms with E-state index in [9.17, 15) is 8.78 Å². The fourth-order valence-electron chi connectivity index (χ4n) is 2.48. The van der Waals surface area contributed by atoms with Gasteiger partial charge in [-0.3, -0.25) is 0 Å². The van der Waals surface area contributed by atoms with Crippen molar-refractivity contribution < 1.29 is 8.78 Å². The Bertz CT molecular complexity index is 699. The van der Waals surface area contributed by atoms with Crippen molar-refractivity contribution in [2.24, 2.45) is 0 Å². The van der Waals surface area contributed by atoms with Gasteiger partial charge in [0, 0.05) is 12.5 Å². The molecule has 3 rings (SSSR count). The Morgan fingerprint density at radius 3 is 1.36 bits per heavy atom. The molecule has 0 saturated heterocycles. The average molecular weight is 294 g/mol. The minimum Gasteiger partial charge on any atom is -0.202 e. The summed E-state index contributed by atoms with van der Waals surface area (Å²) < 4.78 is 27.7.